The van der Waals surface area contributed by atoms with E-state index in [2.05, 4.69) is 27.4 Å². The second-order valence-corrected chi connectivity index (χ2v) is 7.15. The van der Waals surface area contributed by atoms with Crippen LogP contribution in [0.4, 0.5) is 0 Å². The summed E-state index contributed by atoms with van der Waals surface area (Å²) in [5.74, 6) is 1.37. The molecule has 5 heteroatoms. The molecule has 1 amide bonds. The van der Waals surface area contributed by atoms with Crippen molar-refractivity contribution >= 4 is 5.91 Å². The van der Waals surface area contributed by atoms with E-state index in [0.29, 0.717) is 0 Å². The molecule has 0 saturated carbocycles. The number of ether oxygens (including phenoxy) is 1. The highest BCUT2D eigenvalue weighted by atomic mass is 16.5. The Morgan fingerprint density at radius 2 is 2.00 bits per heavy atom. The van der Waals surface area contributed by atoms with Crippen molar-refractivity contribution in [1.82, 2.24) is 15.3 Å². The number of aromatic amines is 1. The van der Waals surface area contributed by atoms with E-state index in [1.54, 1.807) is 6.20 Å². The minimum Gasteiger partial charge on any atom is -0.484 e. The van der Waals surface area contributed by atoms with Gasteiger partial charge >= 0.3 is 0 Å². The summed E-state index contributed by atoms with van der Waals surface area (Å²) in [5, 5.41) is 3.01. The van der Waals surface area contributed by atoms with Gasteiger partial charge in [-0.2, -0.15) is 0 Å². The molecule has 2 aromatic carbocycles. The molecule has 28 heavy (non-hydrogen) atoms. The average Bonchev–Trinajstić information content (AvgIpc) is 3.40. The maximum absolute atomic E-state index is 12.4. The molecular weight excluding hydrogens is 350 g/mol. The minimum atomic E-state index is -0.173. The fourth-order valence-electron chi connectivity index (χ4n) is 3.66. The van der Waals surface area contributed by atoms with Crippen LogP contribution in [0.2, 0.25) is 0 Å². The lowest BCUT2D eigenvalue weighted by Crippen LogP contribution is -2.33. The molecule has 0 spiro atoms. The van der Waals surface area contributed by atoms with Crippen LogP contribution in [0.1, 0.15) is 42.8 Å². The van der Waals surface area contributed by atoms with Gasteiger partial charge in [0.05, 0.1) is 17.9 Å². The number of nitrogens with zero attached hydrogens (tertiary/aromatic N) is 1. The molecule has 0 radical (unpaired) electrons. The Labute approximate surface area is 165 Å². The second-order valence-electron chi connectivity index (χ2n) is 7.15. The number of benzene rings is 2. The van der Waals surface area contributed by atoms with Crippen molar-refractivity contribution in [2.75, 3.05) is 6.61 Å². The van der Waals surface area contributed by atoms with E-state index in [-0.39, 0.29) is 18.6 Å². The van der Waals surface area contributed by atoms with Gasteiger partial charge in [0.15, 0.2) is 6.61 Å². The number of nitrogens with one attached hydrogen (secondary N) is 2. The molecule has 1 heterocycles. The molecule has 0 bridgehead atoms. The molecule has 1 aromatic heterocycles. The predicted molar refractivity (Wildman–Crippen MR) is 109 cm³/mol. The quantitative estimate of drug-likeness (QED) is 0.650. The van der Waals surface area contributed by atoms with Crippen molar-refractivity contribution in [1.29, 1.82) is 0 Å². The lowest BCUT2D eigenvalue weighted by Gasteiger charge is -2.15. The monoisotopic (exact) mass is 375 g/mol. The summed E-state index contributed by atoms with van der Waals surface area (Å²) in [6.45, 7) is 2.03. The van der Waals surface area contributed by atoms with Gasteiger partial charge in [0, 0.05) is 0 Å². The zero-order chi connectivity index (χ0) is 19.3. The summed E-state index contributed by atoms with van der Waals surface area (Å²) < 4.78 is 5.71. The summed E-state index contributed by atoms with van der Waals surface area (Å²) >= 11 is 0. The topological polar surface area (TPSA) is 67.0 Å². The first-order valence-electron chi connectivity index (χ1n) is 9.87. The van der Waals surface area contributed by atoms with Gasteiger partial charge in [-0.3, -0.25) is 4.79 Å². The Morgan fingerprint density at radius 1 is 1.18 bits per heavy atom. The first kappa shape index (κ1) is 18.3. The van der Waals surface area contributed by atoms with Crippen LogP contribution in [-0.4, -0.2) is 22.5 Å². The summed E-state index contributed by atoms with van der Waals surface area (Å²) in [5.41, 5.74) is 4.75. The average molecular weight is 375 g/mol. The Morgan fingerprint density at radius 3 is 2.82 bits per heavy atom. The van der Waals surface area contributed by atoms with Crippen molar-refractivity contribution < 1.29 is 9.53 Å². The number of carbonyl (C=O) groups excluding carboxylic acids is 1. The number of amides is 1. The predicted octanol–water partition coefficient (Wildman–Crippen LogP) is 4.21. The highest BCUT2D eigenvalue weighted by molar-refractivity contribution is 5.78. The number of fused-ring (bicyclic) bond motifs is 1. The Kier molecular flexibility index (Phi) is 5.42. The highest BCUT2D eigenvalue weighted by Crippen LogP contribution is 2.26. The van der Waals surface area contributed by atoms with Gasteiger partial charge in [0.1, 0.15) is 11.6 Å². The van der Waals surface area contributed by atoms with E-state index in [0.717, 1.165) is 42.1 Å². The van der Waals surface area contributed by atoms with Crippen molar-refractivity contribution in [2.45, 2.75) is 38.6 Å². The van der Waals surface area contributed by atoms with Gasteiger partial charge in [-0.1, -0.05) is 43.3 Å². The van der Waals surface area contributed by atoms with Gasteiger partial charge in [-0.25, -0.2) is 4.98 Å². The van der Waals surface area contributed by atoms with Crippen molar-refractivity contribution in [3.8, 4) is 17.0 Å². The van der Waals surface area contributed by atoms with E-state index >= 15 is 0 Å². The normalized spacial score (nSPS) is 13.8. The van der Waals surface area contributed by atoms with Crippen molar-refractivity contribution in [3.05, 3.63) is 71.7 Å². The van der Waals surface area contributed by atoms with E-state index in [4.69, 9.17) is 4.74 Å². The van der Waals surface area contributed by atoms with Crippen LogP contribution >= 0.6 is 0 Å². The zero-order valence-corrected chi connectivity index (χ0v) is 16.1. The van der Waals surface area contributed by atoms with Crippen LogP contribution in [0.3, 0.4) is 0 Å². The third-order valence-corrected chi connectivity index (χ3v) is 5.19. The molecule has 0 saturated heterocycles. The molecule has 1 unspecified atom stereocenters. The number of carbonyl (C=O) groups is 1. The van der Waals surface area contributed by atoms with Gasteiger partial charge in [-0.05, 0) is 54.5 Å². The summed E-state index contributed by atoms with van der Waals surface area (Å²) in [6, 6.07) is 16.0. The van der Waals surface area contributed by atoms with Crippen LogP contribution in [0.15, 0.2) is 54.7 Å². The second kappa shape index (κ2) is 8.30. The van der Waals surface area contributed by atoms with Crippen molar-refractivity contribution in [2.24, 2.45) is 0 Å². The van der Waals surface area contributed by atoms with Crippen LogP contribution in [-0.2, 0) is 17.6 Å². The smallest absolute Gasteiger partial charge is 0.258 e. The highest BCUT2D eigenvalue weighted by Gasteiger charge is 2.17. The standard InChI is InChI=1S/C23H25N3O2/c1-2-20(23-24-14-21(26-23)17-7-4-3-5-8-17)25-22(27)15-28-19-12-11-16-9-6-10-18(16)13-19/h3-5,7-8,11-14,20H,2,6,9-10,15H2,1H3,(H,24,26)(H,25,27). The van der Waals surface area contributed by atoms with Crippen molar-refractivity contribution in [3.63, 3.8) is 0 Å². The molecule has 0 fully saturated rings. The fourth-order valence-corrected chi connectivity index (χ4v) is 3.66. The van der Waals surface area contributed by atoms with E-state index in [9.17, 15) is 4.79 Å². The lowest BCUT2D eigenvalue weighted by atomic mass is 10.1. The summed E-state index contributed by atoms with van der Waals surface area (Å²) in [6.07, 6.45) is 5.99. The maximum Gasteiger partial charge on any atom is 0.258 e. The number of H-pyrrole nitrogens is 1. The molecule has 5 nitrogen and oxygen atoms in total. The molecular formula is C23H25N3O2. The Balaban J connectivity index is 1.35. The summed E-state index contributed by atoms with van der Waals surface area (Å²) in [7, 11) is 0. The number of aromatic nitrogens is 2. The molecule has 144 valence electrons. The van der Waals surface area contributed by atoms with Crippen LogP contribution < -0.4 is 10.1 Å². The molecule has 1 aliphatic carbocycles. The molecule has 1 atom stereocenters. The van der Waals surface area contributed by atoms with E-state index in [1.165, 1.54) is 17.5 Å². The van der Waals surface area contributed by atoms with Crippen LogP contribution in [0, 0.1) is 0 Å². The number of imidazole rings is 1. The van der Waals surface area contributed by atoms with Gasteiger partial charge in [0.25, 0.3) is 5.91 Å². The first-order valence-corrected chi connectivity index (χ1v) is 9.87. The fraction of sp³-hybridized carbons (Fsp3) is 0.304. The minimum absolute atomic E-state index is 0.00153. The summed E-state index contributed by atoms with van der Waals surface area (Å²) in [4.78, 5) is 20.2. The molecule has 4 rings (SSSR count). The largest absolute Gasteiger partial charge is 0.484 e. The first-order chi connectivity index (χ1) is 13.7. The lowest BCUT2D eigenvalue weighted by molar-refractivity contribution is -0.123. The van der Waals surface area contributed by atoms with Gasteiger partial charge in [0.2, 0.25) is 0 Å². The zero-order valence-electron chi connectivity index (χ0n) is 16.1. The van der Waals surface area contributed by atoms with E-state index < -0.39 is 0 Å². The molecule has 3 aromatic rings. The Bertz CT molecular complexity index is 949. The number of hydrogen-bond acceptors (Lipinski definition) is 3. The number of aryl methyl sites for hydroxylation is 2. The third-order valence-electron chi connectivity index (χ3n) is 5.19. The molecule has 1 aliphatic rings. The number of hydrogen-bond donors (Lipinski definition) is 2. The van der Waals surface area contributed by atoms with Gasteiger partial charge < -0.3 is 15.0 Å². The third kappa shape index (κ3) is 4.09. The van der Waals surface area contributed by atoms with Crippen LogP contribution in [0.5, 0.6) is 5.75 Å². The maximum atomic E-state index is 12.4. The molecule has 2 N–H and O–H groups in total. The molecule has 0 aliphatic heterocycles. The Hall–Kier alpha value is -3.08. The SMILES string of the molecule is CCC(NC(=O)COc1ccc2c(c1)CCC2)c1ncc(-c2ccccc2)[nH]1. The van der Waals surface area contributed by atoms with Gasteiger partial charge in [-0.15, -0.1) is 0 Å². The number of rotatable bonds is 7. The van der Waals surface area contributed by atoms with Crippen LogP contribution in [0.25, 0.3) is 11.3 Å². The van der Waals surface area contributed by atoms with E-state index in [1.807, 2.05) is 43.3 Å².